The van der Waals surface area contributed by atoms with E-state index in [0.29, 0.717) is 5.92 Å². The van der Waals surface area contributed by atoms with Crippen LogP contribution in [-0.2, 0) is 0 Å². The predicted molar refractivity (Wildman–Crippen MR) is 91.1 cm³/mol. The van der Waals surface area contributed by atoms with Gasteiger partial charge < -0.3 is 5.32 Å². The van der Waals surface area contributed by atoms with Gasteiger partial charge in [0.05, 0.1) is 5.39 Å². The molecular weight excluding hydrogens is 278 g/mol. The Kier molecular flexibility index (Phi) is 3.88. The minimum Gasteiger partial charge on any atom is -0.370 e. The lowest BCUT2D eigenvalue weighted by Gasteiger charge is -2.08. The fraction of sp³-hybridized carbons (Fsp3) is 0.294. The van der Waals surface area contributed by atoms with E-state index >= 15 is 0 Å². The fourth-order valence-corrected chi connectivity index (χ4v) is 3.35. The predicted octanol–water partition coefficient (Wildman–Crippen LogP) is 4.91. The summed E-state index contributed by atoms with van der Waals surface area (Å²) >= 11 is 1.67. The van der Waals surface area contributed by atoms with Crippen LogP contribution in [0.2, 0.25) is 0 Å². The number of benzene rings is 1. The zero-order chi connectivity index (χ0) is 14.8. The molecule has 3 nitrogen and oxygen atoms in total. The number of anilines is 1. The summed E-state index contributed by atoms with van der Waals surface area (Å²) in [4.78, 5) is 9.80. The average molecular weight is 297 g/mol. The van der Waals surface area contributed by atoms with E-state index in [0.717, 1.165) is 22.6 Å². The van der Waals surface area contributed by atoms with E-state index in [1.165, 1.54) is 16.7 Å². The van der Waals surface area contributed by atoms with E-state index in [1.807, 2.05) is 0 Å². The molecule has 0 aliphatic heterocycles. The molecule has 2 aromatic heterocycles. The van der Waals surface area contributed by atoms with Gasteiger partial charge in [0.2, 0.25) is 0 Å². The molecule has 2 heterocycles. The fourth-order valence-electron chi connectivity index (χ4n) is 2.44. The minimum atomic E-state index is 0.555. The van der Waals surface area contributed by atoms with Gasteiger partial charge >= 0.3 is 0 Å². The topological polar surface area (TPSA) is 37.8 Å². The Bertz CT molecular complexity index is 744. The van der Waals surface area contributed by atoms with Crippen LogP contribution in [0.4, 0.5) is 5.82 Å². The van der Waals surface area contributed by atoms with E-state index in [4.69, 9.17) is 0 Å². The lowest BCUT2D eigenvalue weighted by atomic mass is 9.99. The van der Waals surface area contributed by atoms with E-state index in [9.17, 15) is 0 Å². The van der Waals surface area contributed by atoms with E-state index < -0.39 is 0 Å². The van der Waals surface area contributed by atoms with Crippen LogP contribution < -0.4 is 5.32 Å². The van der Waals surface area contributed by atoms with Gasteiger partial charge in [0.1, 0.15) is 17.0 Å². The second-order valence-corrected chi connectivity index (χ2v) is 6.22. The molecule has 3 aromatic rings. The number of hydrogen-bond donors (Lipinski definition) is 1. The van der Waals surface area contributed by atoms with Crippen LogP contribution in [0, 0.1) is 0 Å². The zero-order valence-electron chi connectivity index (χ0n) is 12.6. The Morgan fingerprint density at radius 1 is 1.14 bits per heavy atom. The Balaban J connectivity index is 2.11. The van der Waals surface area contributed by atoms with Gasteiger partial charge in [-0.2, -0.15) is 0 Å². The molecule has 108 valence electrons. The highest BCUT2D eigenvalue weighted by Crippen LogP contribution is 2.36. The van der Waals surface area contributed by atoms with Crippen molar-refractivity contribution in [1.29, 1.82) is 0 Å². The number of nitrogens with one attached hydrogen (secondary N) is 1. The van der Waals surface area contributed by atoms with Crippen molar-refractivity contribution in [3.05, 3.63) is 41.5 Å². The molecule has 1 aromatic carbocycles. The molecule has 0 bridgehead atoms. The van der Waals surface area contributed by atoms with E-state index in [-0.39, 0.29) is 0 Å². The summed E-state index contributed by atoms with van der Waals surface area (Å²) in [6.45, 7) is 7.36. The first-order chi connectivity index (χ1) is 10.2. The highest BCUT2D eigenvalue weighted by Gasteiger charge is 2.12. The summed E-state index contributed by atoms with van der Waals surface area (Å²) in [6, 6.07) is 8.81. The lowest BCUT2D eigenvalue weighted by Crippen LogP contribution is -2.00. The summed E-state index contributed by atoms with van der Waals surface area (Å²) in [5.74, 6) is 1.48. The highest BCUT2D eigenvalue weighted by molar-refractivity contribution is 7.17. The zero-order valence-corrected chi connectivity index (χ0v) is 13.4. The van der Waals surface area contributed by atoms with Gasteiger partial charge in [0, 0.05) is 17.5 Å². The standard InChI is InChI=1S/C17H19N3S/c1-4-18-16-15-14(9-21-17(15)20-10-19-16)13-7-5-12(6-8-13)11(2)3/h5-11H,4H2,1-3H3,(H,18,19,20). The minimum absolute atomic E-state index is 0.555. The van der Waals surface area contributed by atoms with Crippen LogP contribution in [0.25, 0.3) is 21.3 Å². The Morgan fingerprint density at radius 2 is 1.90 bits per heavy atom. The maximum absolute atomic E-state index is 4.39. The van der Waals surface area contributed by atoms with Crippen molar-refractivity contribution < 1.29 is 0 Å². The van der Waals surface area contributed by atoms with Crippen molar-refractivity contribution >= 4 is 27.4 Å². The van der Waals surface area contributed by atoms with Crippen LogP contribution in [0.3, 0.4) is 0 Å². The van der Waals surface area contributed by atoms with Crippen molar-refractivity contribution in [3.63, 3.8) is 0 Å². The van der Waals surface area contributed by atoms with Crippen molar-refractivity contribution in [2.24, 2.45) is 0 Å². The van der Waals surface area contributed by atoms with Crippen molar-refractivity contribution in [2.45, 2.75) is 26.7 Å². The van der Waals surface area contributed by atoms with E-state index in [2.05, 4.69) is 65.7 Å². The molecule has 1 N–H and O–H groups in total. The van der Waals surface area contributed by atoms with Crippen molar-refractivity contribution in [3.8, 4) is 11.1 Å². The first-order valence-electron chi connectivity index (χ1n) is 7.27. The van der Waals surface area contributed by atoms with Crippen LogP contribution in [0.5, 0.6) is 0 Å². The molecule has 0 spiro atoms. The lowest BCUT2D eigenvalue weighted by molar-refractivity contribution is 0.867. The number of fused-ring (bicyclic) bond motifs is 1. The molecule has 0 fully saturated rings. The monoisotopic (exact) mass is 297 g/mol. The van der Waals surface area contributed by atoms with Gasteiger partial charge in [-0.25, -0.2) is 9.97 Å². The molecule has 21 heavy (non-hydrogen) atoms. The summed E-state index contributed by atoms with van der Waals surface area (Å²) in [6.07, 6.45) is 1.63. The molecule has 0 aliphatic rings. The van der Waals surface area contributed by atoms with Crippen LogP contribution >= 0.6 is 11.3 Å². The second kappa shape index (κ2) is 5.82. The van der Waals surface area contributed by atoms with Crippen LogP contribution in [0.15, 0.2) is 36.0 Å². The molecule has 4 heteroatoms. The molecular formula is C17H19N3S. The Labute approximate surface area is 129 Å². The normalized spacial score (nSPS) is 11.2. The molecule has 0 radical (unpaired) electrons. The molecule has 3 rings (SSSR count). The molecule has 0 saturated heterocycles. The Hall–Kier alpha value is -1.94. The smallest absolute Gasteiger partial charge is 0.138 e. The van der Waals surface area contributed by atoms with Crippen LogP contribution in [0.1, 0.15) is 32.3 Å². The van der Waals surface area contributed by atoms with Crippen LogP contribution in [-0.4, -0.2) is 16.5 Å². The summed E-state index contributed by atoms with van der Waals surface area (Å²) in [5.41, 5.74) is 3.79. The second-order valence-electron chi connectivity index (χ2n) is 5.36. The number of hydrogen-bond acceptors (Lipinski definition) is 4. The summed E-state index contributed by atoms with van der Waals surface area (Å²) in [5, 5.41) is 6.63. The van der Waals surface area contributed by atoms with Gasteiger partial charge in [-0.3, -0.25) is 0 Å². The number of thiophene rings is 1. The quantitative estimate of drug-likeness (QED) is 0.743. The first-order valence-corrected chi connectivity index (χ1v) is 8.15. The van der Waals surface area contributed by atoms with Crippen molar-refractivity contribution in [1.82, 2.24) is 9.97 Å². The molecule has 0 amide bonds. The van der Waals surface area contributed by atoms with E-state index in [1.54, 1.807) is 17.7 Å². The number of nitrogens with zero attached hydrogens (tertiary/aromatic N) is 2. The van der Waals surface area contributed by atoms with Gasteiger partial charge in [-0.1, -0.05) is 38.1 Å². The Morgan fingerprint density at radius 3 is 2.57 bits per heavy atom. The third-order valence-corrected chi connectivity index (χ3v) is 4.49. The molecule has 0 saturated carbocycles. The summed E-state index contributed by atoms with van der Waals surface area (Å²) < 4.78 is 0. The molecule has 0 aliphatic carbocycles. The highest BCUT2D eigenvalue weighted by atomic mass is 32.1. The number of rotatable bonds is 4. The first kappa shape index (κ1) is 14.0. The number of aromatic nitrogens is 2. The van der Waals surface area contributed by atoms with Gasteiger partial charge in [-0.05, 0) is 24.0 Å². The third kappa shape index (κ3) is 2.63. The SMILES string of the molecule is CCNc1ncnc2scc(-c3ccc(C(C)C)cc3)c12. The third-order valence-electron chi connectivity index (χ3n) is 3.60. The van der Waals surface area contributed by atoms with Gasteiger partial charge in [-0.15, -0.1) is 11.3 Å². The van der Waals surface area contributed by atoms with Gasteiger partial charge in [0.25, 0.3) is 0 Å². The maximum Gasteiger partial charge on any atom is 0.138 e. The summed E-state index contributed by atoms with van der Waals surface area (Å²) in [7, 11) is 0. The molecule has 0 atom stereocenters. The van der Waals surface area contributed by atoms with Crippen molar-refractivity contribution in [2.75, 3.05) is 11.9 Å². The average Bonchev–Trinajstić information content (AvgIpc) is 2.93. The largest absolute Gasteiger partial charge is 0.370 e. The van der Waals surface area contributed by atoms with Gasteiger partial charge in [0.15, 0.2) is 0 Å². The maximum atomic E-state index is 4.39. The molecule has 0 unspecified atom stereocenters.